The maximum atomic E-state index is 11.8. The minimum absolute atomic E-state index is 0.0791. The molecule has 1 aromatic carbocycles. The van der Waals surface area contributed by atoms with E-state index in [2.05, 4.69) is 14.2 Å². The predicted octanol–water partition coefficient (Wildman–Crippen LogP) is 2.71. The van der Waals surface area contributed by atoms with E-state index in [9.17, 15) is 14.3 Å². The van der Waals surface area contributed by atoms with Crippen molar-refractivity contribution in [3.63, 3.8) is 0 Å². The lowest BCUT2D eigenvalue weighted by molar-refractivity contribution is 0.102. The van der Waals surface area contributed by atoms with Crippen molar-refractivity contribution in [3.8, 4) is 0 Å². The molecule has 0 fully saturated rings. The van der Waals surface area contributed by atoms with Crippen LogP contribution in [-0.4, -0.2) is 19.7 Å². The Morgan fingerprint density at radius 3 is 2.31 bits per heavy atom. The molecule has 1 aromatic rings. The van der Waals surface area contributed by atoms with Crippen LogP contribution in [-0.2, 0) is 13.6 Å². The van der Waals surface area contributed by atoms with E-state index in [1.807, 2.05) is 0 Å². The van der Waals surface area contributed by atoms with Gasteiger partial charge in [-0.1, -0.05) is 12.1 Å². The lowest BCUT2D eigenvalue weighted by Crippen LogP contribution is -2.04. The van der Waals surface area contributed by atoms with Gasteiger partial charge in [0.05, 0.1) is 5.56 Å². The van der Waals surface area contributed by atoms with E-state index in [1.165, 1.54) is 24.3 Å². The number of hydrogen-bond donors (Lipinski definition) is 0. The predicted molar refractivity (Wildman–Crippen MR) is 57.9 cm³/mol. The molecule has 0 aliphatic rings. The third-order valence-electron chi connectivity index (χ3n) is 1.96. The lowest BCUT2D eigenvalue weighted by atomic mass is 10.2. The molecule has 0 saturated heterocycles. The molecule has 0 saturated carbocycles. The molecule has 0 spiro atoms. The van der Waals surface area contributed by atoms with E-state index >= 15 is 0 Å². The minimum Gasteiger partial charge on any atom is -0.306 e. The highest BCUT2D eigenvalue weighted by molar-refractivity contribution is 7.72. The zero-order valence-corrected chi connectivity index (χ0v) is 9.64. The van der Waals surface area contributed by atoms with Crippen LogP contribution >= 0.6 is 7.60 Å². The minimum atomic E-state index is -3.87. The van der Waals surface area contributed by atoms with Crippen molar-refractivity contribution in [2.75, 3.05) is 14.2 Å². The molecule has 86 valence electrons. The molecule has 16 heavy (non-hydrogen) atoms. The van der Waals surface area contributed by atoms with Crippen molar-refractivity contribution >= 4 is 18.8 Å². The van der Waals surface area contributed by atoms with Crippen molar-refractivity contribution in [1.82, 2.24) is 0 Å². The van der Waals surface area contributed by atoms with Crippen LogP contribution in [0.15, 0.2) is 29.4 Å². The molecule has 1 rings (SSSR count). The van der Waals surface area contributed by atoms with Gasteiger partial charge in [0.25, 0.3) is 5.52 Å². The van der Waals surface area contributed by atoms with Gasteiger partial charge in [-0.15, -0.1) is 4.91 Å². The summed E-state index contributed by atoms with van der Waals surface area (Å²) in [7, 11) is -1.68. The van der Waals surface area contributed by atoms with Crippen molar-refractivity contribution in [2.45, 2.75) is 0 Å². The average molecular weight is 243 g/mol. The Morgan fingerprint density at radius 1 is 1.25 bits per heavy atom. The van der Waals surface area contributed by atoms with Crippen LogP contribution in [0.2, 0.25) is 0 Å². The highest BCUT2D eigenvalue weighted by Gasteiger charge is 2.34. The fourth-order valence-electron chi connectivity index (χ4n) is 1.12. The van der Waals surface area contributed by atoms with Crippen LogP contribution in [0.25, 0.3) is 0 Å². The highest BCUT2D eigenvalue weighted by Crippen LogP contribution is 2.50. The molecule has 0 aromatic heterocycles. The normalized spacial score (nSPS) is 11.1. The first kappa shape index (κ1) is 12.7. The number of hydrogen-bond acceptors (Lipinski definition) is 6. The van der Waals surface area contributed by atoms with E-state index in [0.717, 1.165) is 14.2 Å². The van der Waals surface area contributed by atoms with Crippen LogP contribution in [0.5, 0.6) is 0 Å². The summed E-state index contributed by atoms with van der Waals surface area (Å²) in [4.78, 5) is 22.3. The van der Waals surface area contributed by atoms with Gasteiger partial charge in [0.15, 0.2) is 0 Å². The molecule has 0 N–H and O–H groups in total. The molecule has 0 unspecified atom stereocenters. The van der Waals surface area contributed by atoms with Crippen LogP contribution in [0, 0.1) is 4.91 Å². The lowest BCUT2D eigenvalue weighted by Gasteiger charge is -2.12. The average Bonchev–Trinajstić information content (AvgIpc) is 2.36. The summed E-state index contributed by atoms with van der Waals surface area (Å²) in [6.45, 7) is 0. The largest absolute Gasteiger partial charge is 0.401 e. The van der Waals surface area contributed by atoms with Crippen molar-refractivity contribution < 1.29 is 18.4 Å². The summed E-state index contributed by atoms with van der Waals surface area (Å²) in [5.41, 5.74) is -1.06. The number of nitrogens with zero attached hydrogens (tertiary/aromatic N) is 1. The number of nitroso groups, excluding NO2 is 1. The molecule has 7 heteroatoms. The van der Waals surface area contributed by atoms with Gasteiger partial charge in [0, 0.05) is 14.2 Å². The Hall–Kier alpha value is -1.36. The monoisotopic (exact) mass is 243 g/mol. The number of benzene rings is 1. The first-order valence-electron chi connectivity index (χ1n) is 4.28. The van der Waals surface area contributed by atoms with E-state index in [-0.39, 0.29) is 11.3 Å². The van der Waals surface area contributed by atoms with E-state index in [1.54, 1.807) is 0 Å². The summed E-state index contributed by atoms with van der Waals surface area (Å²) in [6.07, 6.45) is 0. The molecule has 0 heterocycles. The molecule has 0 amide bonds. The number of rotatable bonds is 5. The summed E-state index contributed by atoms with van der Waals surface area (Å²) < 4.78 is 20.9. The smallest absolute Gasteiger partial charge is 0.306 e. The second-order valence-corrected chi connectivity index (χ2v) is 4.91. The maximum Gasteiger partial charge on any atom is 0.401 e. The third-order valence-corrected chi connectivity index (χ3v) is 3.66. The summed E-state index contributed by atoms with van der Waals surface area (Å²) in [5, 5.41) is 2.67. The molecular formula is C9H10NO5P. The Morgan fingerprint density at radius 2 is 1.81 bits per heavy atom. The Bertz CT molecular complexity index is 451. The molecule has 0 radical (unpaired) electrons. The number of carbonyl (C=O) groups excluding carboxylic acids is 1. The number of carbonyl (C=O) groups is 1. The zero-order chi connectivity index (χ0) is 12.2. The van der Waals surface area contributed by atoms with Crippen molar-refractivity contribution in [3.05, 3.63) is 34.7 Å². The molecule has 6 nitrogen and oxygen atoms in total. The van der Waals surface area contributed by atoms with Gasteiger partial charge in [-0.25, -0.2) is 0 Å². The van der Waals surface area contributed by atoms with Gasteiger partial charge in [0.2, 0.25) is 0 Å². The first-order chi connectivity index (χ1) is 7.59. The van der Waals surface area contributed by atoms with Gasteiger partial charge in [0.1, 0.15) is 5.69 Å². The molecule has 0 bridgehead atoms. The Kier molecular flexibility index (Phi) is 4.06. The van der Waals surface area contributed by atoms with Gasteiger partial charge < -0.3 is 9.05 Å². The molecule has 0 aliphatic carbocycles. The summed E-state index contributed by atoms with van der Waals surface area (Å²) in [5.74, 6) is 0. The van der Waals surface area contributed by atoms with Gasteiger partial charge in [-0.2, -0.15) is 0 Å². The first-order valence-corrected chi connectivity index (χ1v) is 5.82. The second kappa shape index (κ2) is 5.12. The fourth-order valence-corrected chi connectivity index (χ4v) is 2.09. The molecule has 0 aliphatic heterocycles. The van der Waals surface area contributed by atoms with Gasteiger partial charge in [-0.3, -0.25) is 9.36 Å². The van der Waals surface area contributed by atoms with E-state index in [4.69, 9.17) is 0 Å². The molecule has 0 atom stereocenters. The van der Waals surface area contributed by atoms with Crippen LogP contribution in [0.1, 0.15) is 10.4 Å². The van der Waals surface area contributed by atoms with Crippen LogP contribution in [0.4, 0.5) is 5.69 Å². The van der Waals surface area contributed by atoms with E-state index in [0.29, 0.717) is 0 Å². The second-order valence-electron chi connectivity index (χ2n) is 2.78. The van der Waals surface area contributed by atoms with Crippen LogP contribution < -0.4 is 0 Å². The van der Waals surface area contributed by atoms with E-state index < -0.39 is 13.1 Å². The highest BCUT2D eigenvalue weighted by atomic mass is 31.2. The Labute approximate surface area is 92.1 Å². The topological polar surface area (TPSA) is 82.0 Å². The molecular weight excluding hydrogens is 233 g/mol. The van der Waals surface area contributed by atoms with Crippen molar-refractivity contribution in [1.29, 1.82) is 0 Å². The van der Waals surface area contributed by atoms with Gasteiger partial charge >= 0.3 is 7.60 Å². The Balaban J connectivity index is 3.24. The summed E-state index contributed by atoms with van der Waals surface area (Å²) >= 11 is 0. The SMILES string of the molecule is COP(=O)(OC)C(=O)c1ccccc1N=O. The maximum absolute atomic E-state index is 11.8. The summed E-state index contributed by atoms with van der Waals surface area (Å²) in [6, 6.07) is 5.75. The standard InChI is InChI=1S/C9H10NO5P/c1-14-16(13,15-2)9(11)7-5-3-4-6-8(7)10-12/h3-6H,1-2H3. The quantitative estimate of drug-likeness (QED) is 0.586. The zero-order valence-electron chi connectivity index (χ0n) is 8.75. The van der Waals surface area contributed by atoms with Gasteiger partial charge in [-0.05, 0) is 17.3 Å². The van der Waals surface area contributed by atoms with Crippen molar-refractivity contribution in [2.24, 2.45) is 5.18 Å². The third kappa shape index (κ3) is 2.24. The van der Waals surface area contributed by atoms with Crippen LogP contribution in [0.3, 0.4) is 0 Å². The fraction of sp³-hybridized carbons (Fsp3) is 0.222.